The third kappa shape index (κ3) is 5.75. The van der Waals surface area contributed by atoms with Crippen LogP contribution in [0.2, 0.25) is 15.1 Å². The highest BCUT2D eigenvalue weighted by Gasteiger charge is 2.05. The Morgan fingerprint density at radius 3 is 2.39 bits per heavy atom. The third-order valence-corrected chi connectivity index (χ3v) is 3.78. The van der Waals surface area contributed by atoms with E-state index in [-0.39, 0.29) is 18.9 Å². The minimum Gasteiger partial charge on any atom is -0.391 e. The lowest BCUT2D eigenvalue weighted by atomic mass is 10.2. The monoisotopic (exact) mass is 370 g/mol. The average Bonchev–Trinajstić information content (AvgIpc) is 2.52. The molecule has 0 saturated carbocycles. The molecule has 1 amide bonds. The standard InChI is InChI=1S/C16H13Cl3N2O2/c17-11-4-6-12(7-5-11)21-16(22)8-9-20-23-10-13-14(18)2-1-3-15(13)19/h1-7,9H,8,10H2,(H,21,22). The molecule has 2 rings (SSSR count). The molecule has 23 heavy (non-hydrogen) atoms. The highest BCUT2D eigenvalue weighted by Crippen LogP contribution is 2.24. The summed E-state index contributed by atoms with van der Waals surface area (Å²) in [4.78, 5) is 16.8. The number of oxime groups is 1. The number of benzene rings is 2. The minimum atomic E-state index is -0.213. The fourth-order valence-electron chi connectivity index (χ4n) is 1.69. The quantitative estimate of drug-likeness (QED) is 0.562. The molecule has 0 atom stereocenters. The molecule has 0 aliphatic carbocycles. The van der Waals surface area contributed by atoms with Gasteiger partial charge in [0.25, 0.3) is 0 Å². The summed E-state index contributed by atoms with van der Waals surface area (Å²) in [6.07, 6.45) is 1.45. The fraction of sp³-hybridized carbons (Fsp3) is 0.125. The van der Waals surface area contributed by atoms with E-state index in [1.165, 1.54) is 6.21 Å². The van der Waals surface area contributed by atoms with Crippen molar-refractivity contribution >= 4 is 52.6 Å². The zero-order chi connectivity index (χ0) is 16.7. The first-order chi connectivity index (χ1) is 11.1. The van der Waals surface area contributed by atoms with Crippen LogP contribution in [0.15, 0.2) is 47.6 Å². The highest BCUT2D eigenvalue weighted by molar-refractivity contribution is 6.35. The van der Waals surface area contributed by atoms with Crippen molar-refractivity contribution in [3.8, 4) is 0 Å². The van der Waals surface area contributed by atoms with Crippen molar-refractivity contribution in [1.82, 2.24) is 0 Å². The Morgan fingerprint density at radius 1 is 1.09 bits per heavy atom. The summed E-state index contributed by atoms with van der Waals surface area (Å²) in [6, 6.07) is 12.0. The van der Waals surface area contributed by atoms with Gasteiger partial charge in [0.2, 0.25) is 5.91 Å². The number of halogens is 3. The summed E-state index contributed by atoms with van der Waals surface area (Å²) in [5.41, 5.74) is 1.31. The molecule has 0 aromatic heterocycles. The first-order valence-electron chi connectivity index (χ1n) is 6.68. The molecule has 0 bridgehead atoms. The number of hydrogen-bond acceptors (Lipinski definition) is 3. The van der Waals surface area contributed by atoms with Crippen LogP contribution in [0.25, 0.3) is 0 Å². The zero-order valence-corrected chi connectivity index (χ0v) is 14.2. The Morgan fingerprint density at radius 2 is 1.74 bits per heavy atom. The summed E-state index contributed by atoms with van der Waals surface area (Å²) in [5.74, 6) is -0.213. The van der Waals surface area contributed by atoms with Gasteiger partial charge in [-0.15, -0.1) is 0 Å². The van der Waals surface area contributed by atoms with Gasteiger partial charge in [-0.25, -0.2) is 0 Å². The normalized spacial score (nSPS) is 10.7. The summed E-state index contributed by atoms with van der Waals surface area (Å²) in [7, 11) is 0. The largest absolute Gasteiger partial charge is 0.391 e. The van der Waals surface area contributed by atoms with E-state index in [1.807, 2.05) is 0 Å². The maximum Gasteiger partial charge on any atom is 0.229 e. The summed E-state index contributed by atoms with van der Waals surface area (Å²) >= 11 is 17.8. The molecular weight excluding hydrogens is 359 g/mol. The van der Waals surface area contributed by atoms with Crippen LogP contribution in [0.5, 0.6) is 0 Å². The van der Waals surface area contributed by atoms with Gasteiger partial charge in [-0.2, -0.15) is 0 Å². The first-order valence-corrected chi connectivity index (χ1v) is 7.82. The van der Waals surface area contributed by atoms with Crippen LogP contribution < -0.4 is 5.32 Å². The molecule has 0 fully saturated rings. The van der Waals surface area contributed by atoms with Gasteiger partial charge >= 0.3 is 0 Å². The number of amides is 1. The topological polar surface area (TPSA) is 50.7 Å². The molecular formula is C16H13Cl3N2O2. The molecule has 1 N–H and O–H groups in total. The molecule has 7 heteroatoms. The molecule has 2 aromatic carbocycles. The number of nitrogens with zero attached hydrogens (tertiary/aromatic N) is 1. The summed E-state index contributed by atoms with van der Waals surface area (Å²) in [5, 5.41) is 8.05. The lowest BCUT2D eigenvalue weighted by Gasteiger charge is -2.05. The Bertz CT molecular complexity index is 683. The second-order valence-electron chi connectivity index (χ2n) is 4.52. The van der Waals surface area contributed by atoms with Crippen LogP contribution >= 0.6 is 34.8 Å². The highest BCUT2D eigenvalue weighted by atomic mass is 35.5. The molecule has 0 heterocycles. The van der Waals surface area contributed by atoms with E-state index in [4.69, 9.17) is 39.6 Å². The van der Waals surface area contributed by atoms with Crippen LogP contribution in [0.1, 0.15) is 12.0 Å². The second-order valence-corrected chi connectivity index (χ2v) is 5.77. The van der Waals surface area contributed by atoms with E-state index in [0.717, 1.165) is 0 Å². The smallest absolute Gasteiger partial charge is 0.229 e. The Hall–Kier alpha value is -1.75. The van der Waals surface area contributed by atoms with Crippen molar-refractivity contribution in [3.63, 3.8) is 0 Å². The number of nitrogens with one attached hydrogen (secondary N) is 1. The maximum atomic E-state index is 11.7. The lowest BCUT2D eigenvalue weighted by Crippen LogP contribution is -2.11. The first kappa shape index (κ1) is 17.6. The van der Waals surface area contributed by atoms with Gasteiger partial charge < -0.3 is 10.2 Å². The SMILES string of the molecule is O=C(CC=NOCc1c(Cl)cccc1Cl)Nc1ccc(Cl)cc1. The van der Waals surface area contributed by atoms with Crippen molar-refractivity contribution in [2.24, 2.45) is 5.16 Å². The second kappa shape index (κ2) is 8.77. The molecule has 0 aliphatic heterocycles. The minimum absolute atomic E-state index is 0.0822. The van der Waals surface area contributed by atoms with Gasteiger partial charge in [-0.3, -0.25) is 4.79 Å². The fourth-order valence-corrected chi connectivity index (χ4v) is 2.32. The zero-order valence-electron chi connectivity index (χ0n) is 11.9. The van der Waals surface area contributed by atoms with Crippen molar-refractivity contribution < 1.29 is 9.63 Å². The van der Waals surface area contributed by atoms with Gasteiger partial charge in [0.05, 0.1) is 12.6 Å². The van der Waals surface area contributed by atoms with Gasteiger partial charge in [-0.05, 0) is 36.4 Å². The Labute approximate surface area is 149 Å². The molecule has 120 valence electrons. The summed E-state index contributed by atoms with van der Waals surface area (Å²) < 4.78 is 0. The number of anilines is 1. The maximum absolute atomic E-state index is 11.7. The number of rotatable bonds is 6. The van der Waals surface area contributed by atoms with Crippen LogP contribution in [0.4, 0.5) is 5.69 Å². The van der Waals surface area contributed by atoms with Crippen molar-refractivity contribution in [1.29, 1.82) is 0 Å². The van der Waals surface area contributed by atoms with Crippen LogP contribution in [0, 0.1) is 0 Å². The number of carbonyl (C=O) groups excluding carboxylic acids is 1. The molecule has 0 unspecified atom stereocenters. The Balaban J connectivity index is 1.76. The van der Waals surface area contributed by atoms with E-state index in [0.29, 0.717) is 26.3 Å². The average molecular weight is 372 g/mol. The van der Waals surface area contributed by atoms with E-state index >= 15 is 0 Å². The molecule has 4 nitrogen and oxygen atoms in total. The molecule has 0 spiro atoms. The molecule has 0 saturated heterocycles. The van der Waals surface area contributed by atoms with E-state index in [9.17, 15) is 4.79 Å². The molecule has 2 aromatic rings. The van der Waals surface area contributed by atoms with Crippen molar-refractivity contribution in [3.05, 3.63) is 63.1 Å². The third-order valence-electron chi connectivity index (χ3n) is 2.82. The van der Waals surface area contributed by atoms with E-state index in [1.54, 1.807) is 42.5 Å². The number of hydrogen-bond donors (Lipinski definition) is 1. The van der Waals surface area contributed by atoms with Crippen molar-refractivity contribution in [2.75, 3.05) is 5.32 Å². The van der Waals surface area contributed by atoms with Gasteiger partial charge in [-0.1, -0.05) is 46.0 Å². The predicted octanol–water partition coefficient (Wildman–Crippen LogP) is 5.18. The van der Waals surface area contributed by atoms with Gasteiger partial charge in [0, 0.05) is 26.3 Å². The predicted molar refractivity (Wildman–Crippen MR) is 94.4 cm³/mol. The van der Waals surface area contributed by atoms with Crippen LogP contribution in [0.3, 0.4) is 0 Å². The van der Waals surface area contributed by atoms with Gasteiger partial charge in [0.15, 0.2) is 0 Å². The van der Waals surface area contributed by atoms with Crippen molar-refractivity contribution in [2.45, 2.75) is 13.0 Å². The number of carbonyl (C=O) groups is 1. The molecule has 0 aliphatic rings. The Kier molecular flexibility index (Phi) is 6.71. The lowest BCUT2D eigenvalue weighted by molar-refractivity contribution is -0.115. The summed E-state index contributed by atoms with van der Waals surface area (Å²) in [6.45, 7) is 0.133. The van der Waals surface area contributed by atoms with Crippen LogP contribution in [-0.2, 0) is 16.2 Å². The molecule has 0 radical (unpaired) electrons. The van der Waals surface area contributed by atoms with Crippen LogP contribution in [-0.4, -0.2) is 12.1 Å². The van der Waals surface area contributed by atoms with Gasteiger partial charge in [0.1, 0.15) is 6.61 Å². The van der Waals surface area contributed by atoms with E-state index < -0.39 is 0 Å². The van der Waals surface area contributed by atoms with E-state index in [2.05, 4.69) is 10.5 Å².